The first kappa shape index (κ1) is 25.5. The number of rotatable bonds is 6. The van der Waals surface area contributed by atoms with Gasteiger partial charge in [-0.1, -0.05) is 13.8 Å². The van der Waals surface area contributed by atoms with Gasteiger partial charge in [0.2, 0.25) is 5.95 Å². The van der Waals surface area contributed by atoms with Gasteiger partial charge in [0.05, 0.1) is 17.9 Å². The number of sulfone groups is 1. The second kappa shape index (κ2) is 9.32. The van der Waals surface area contributed by atoms with Crippen molar-refractivity contribution in [3.05, 3.63) is 36.3 Å². The summed E-state index contributed by atoms with van der Waals surface area (Å²) in [6, 6.07) is 3.66. The summed E-state index contributed by atoms with van der Waals surface area (Å²) in [5.41, 5.74) is -0.677. The van der Waals surface area contributed by atoms with E-state index in [0.717, 1.165) is 22.2 Å². The number of aliphatic hydroxyl groups is 1. The Bertz CT molecular complexity index is 1430. The van der Waals surface area contributed by atoms with E-state index in [-0.39, 0.29) is 17.7 Å². The lowest BCUT2D eigenvalue weighted by Crippen LogP contribution is -2.54. The number of hydrogen-bond donors (Lipinski definition) is 2. The number of nitrogens with one attached hydrogen (secondary N) is 1. The molecule has 2 saturated heterocycles. The molecule has 3 aromatic rings. The molecule has 2 aliphatic heterocycles. The van der Waals surface area contributed by atoms with Gasteiger partial charge >= 0.3 is 0 Å². The number of fused-ring (bicyclic) bond motifs is 1. The number of aliphatic hydroxyl groups excluding tert-OH is 1. The van der Waals surface area contributed by atoms with Crippen LogP contribution in [0.5, 0.6) is 0 Å². The third-order valence-corrected chi connectivity index (χ3v) is 8.72. The Morgan fingerprint density at radius 3 is 2.57 bits per heavy atom. The van der Waals surface area contributed by atoms with Gasteiger partial charge in [0, 0.05) is 49.9 Å². The average molecular weight is 530 g/mol. The highest BCUT2D eigenvalue weighted by molar-refractivity contribution is 7.91. The Morgan fingerprint density at radius 1 is 1.14 bits per heavy atom. The fourth-order valence-electron chi connectivity index (χ4n) is 4.81. The van der Waals surface area contributed by atoms with E-state index < -0.39 is 21.6 Å². The molecule has 198 valence electrons. The standard InChI is InChI=1S/C25H32FN7O3S/c1-15(2)18-10-29-23(33-12-16(13-33)37(4,35)36)19-11-28-22(9-17(18)19)30-21-5-7-27-24(31-21)32-8-6-20(34)25(3,26)14-32/h5,7,9-11,15-16,20,34H,6,8,12-14H2,1-4H3,(H,27,28,30,31)/t20-,25+/m1/s1. The molecule has 10 nitrogen and oxygen atoms in total. The first-order chi connectivity index (χ1) is 17.4. The van der Waals surface area contributed by atoms with Crippen molar-refractivity contribution in [2.75, 3.05) is 47.6 Å². The van der Waals surface area contributed by atoms with Crippen LogP contribution in [0.1, 0.15) is 38.7 Å². The third kappa shape index (κ3) is 5.04. The average Bonchev–Trinajstić information content (AvgIpc) is 2.79. The number of halogens is 1. The molecule has 2 N–H and O–H groups in total. The van der Waals surface area contributed by atoms with Gasteiger partial charge in [-0.25, -0.2) is 27.8 Å². The molecule has 0 bridgehead atoms. The molecule has 0 radical (unpaired) electrons. The molecule has 0 amide bonds. The zero-order valence-electron chi connectivity index (χ0n) is 21.4. The largest absolute Gasteiger partial charge is 0.390 e. The molecule has 0 unspecified atom stereocenters. The van der Waals surface area contributed by atoms with Gasteiger partial charge < -0.3 is 20.2 Å². The molecular formula is C25H32FN7O3S. The second-order valence-corrected chi connectivity index (χ2v) is 12.9. The predicted molar refractivity (Wildman–Crippen MR) is 142 cm³/mol. The van der Waals surface area contributed by atoms with Crippen LogP contribution in [0.15, 0.2) is 30.7 Å². The van der Waals surface area contributed by atoms with Crippen LogP contribution < -0.4 is 15.1 Å². The number of aromatic nitrogens is 4. The maximum absolute atomic E-state index is 14.7. The van der Waals surface area contributed by atoms with E-state index in [2.05, 4.69) is 39.1 Å². The van der Waals surface area contributed by atoms with Crippen LogP contribution in [0.2, 0.25) is 0 Å². The van der Waals surface area contributed by atoms with Crippen molar-refractivity contribution in [3.63, 3.8) is 0 Å². The highest BCUT2D eigenvalue weighted by Gasteiger charge is 2.40. The van der Waals surface area contributed by atoms with Gasteiger partial charge in [-0.15, -0.1) is 0 Å². The van der Waals surface area contributed by atoms with E-state index in [1.165, 1.54) is 13.2 Å². The second-order valence-electron chi connectivity index (χ2n) is 10.5. The Morgan fingerprint density at radius 2 is 1.89 bits per heavy atom. The van der Waals surface area contributed by atoms with Crippen LogP contribution in [-0.4, -0.2) is 82.9 Å². The Hall–Kier alpha value is -3.12. The van der Waals surface area contributed by atoms with Crippen molar-refractivity contribution in [2.24, 2.45) is 0 Å². The van der Waals surface area contributed by atoms with Gasteiger partial charge in [-0.3, -0.25) is 0 Å². The summed E-state index contributed by atoms with van der Waals surface area (Å²) in [5.74, 6) is 2.42. The fourth-order valence-corrected chi connectivity index (χ4v) is 5.71. The SMILES string of the molecule is CC(C)c1cnc(N2CC(S(C)(=O)=O)C2)c2cnc(Nc3ccnc(N4CC[C@@H](O)[C@@](C)(F)C4)n3)cc12. The fraction of sp³-hybridized carbons (Fsp3) is 0.520. The number of piperidine rings is 1. The van der Waals surface area contributed by atoms with E-state index in [4.69, 9.17) is 0 Å². The summed E-state index contributed by atoms with van der Waals surface area (Å²) in [5, 5.41) is 14.6. The summed E-state index contributed by atoms with van der Waals surface area (Å²) >= 11 is 0. The molecule has 2 atom stereocenters. The number of anilines is 4. The summed E-state index contributed by atoms with van der Waals surface area (Å²) < 4.78 is 38.4. The van der Waals surface area contributed by atoms with E-state index in [9.17, 15) is 17.9 Å². The molecule has 37 heavy (non-hydrogen) atoms. The number of alkyl halides is 1. The highest BCUT2D eigenvalue weighted by atomic mass is 32.2. The minimum Gasteiger partial charge on any atom is -0.390 e. The number of pyridine rings is 2. The van der Waals surface area contributed by atoms with Gasteiger partial charge in [0.1, 0.15) is 17.5 Å². The minimum atomic E-state index is -3.09. The molecule has 3 aromatic heterocycles. The molecule has 0 aromatic carbocycles. The molecule has 12 heteroatoms. The lowest BCUT2D eigenvalue weighted by molar-refractivity contribution is -0.00860. The van der Waals surface area contributed by atoms with E-state index in [1.54, 1.807) is 23.4 Å². The third-order valence-electron chi connectivity index (χ3n) is 7.21. The highest BCUT2D eigenvalue weighted by Crippen LogP contribution is 2.35. The van der Waals surface area contributed by atoms with Crippen LogP contribution >= 0.6 is 0 Å². The molecule has 0 saturated carbocycles. The molecule has 5 rings (SSSR count). The lowest BCUT2D eigenvalue weighted by atomic mass is 9.94. The van der Waals surface area contributed by atoms with Crippen LogP contribution in [0.25, 0.3) is 10.8 Å². The zero-order chi connectivity index (χ0) is 26.5. The predicted octanol–water partition coefficient (Wildman–Crippen LogP) is 2.82. The lowest BCUT2D eigenvalue weighted by Gasteiger charge is -2.39. The monoisotopic (exact) mass is 529 g/mol. The van der Waals surface area contributed by atoms with Crippen LogP contribution in [0.4, 0.5) is 27.8 Å². The maximum Gasteiger partial charge on any atom is 0.227 e. The van der Waals surface area contributed by atoms with Crippen molar-refractivity contribution < 1.29 is 17.9 Å². The van der Waals surface area contributed by atoms with E-state index in [0.29, 0.717) is 43.6 Å². The molecule has 2 fully saturated rings. The topological polar surface area (TPSA) is 124 Å². The van der Waals surface area contributed by atoms with E-state index in [1.807, 2.05) is 17.2 Å². The number of hydrogen-bond acceptors (Lipinski definition) is 10. The van der Waals surface area contributed by atoms with Gasteiger partial charge in [0.15, 0.2) is 15.5 Å². The van der Waals surface area contributed by atoms with Gasteiger partial charge in [0.25, 0.3) is 0 Å². The Labute approximate surface area is 215 Å². The first-order valence-electron chi connectivity index (χ1n) is 12.4. The van der Waals surface area contributed by atoms with Gasteiger partial charge in [-0.2, -0.15) is 4.98 Å². The van der Waals surface area contributed by atoms with Gasteiger partial charge in [-0.05, 0) is 42.3 Å². The summed E-state index contributed by atoms with van der Waals surface area (Å²) in [4.78, 5) is 21.8. The van der Waals surface area contributed by atoms with Crippen LogP contribution in [0.3, 0.4) is 0 Å². The normalized spacial score (nSPS) is 22.9. The summed E-state index contributed by atoms with van der Waals surface area (Å²) in [6.45, 7) is 6.88. The van der Waals surface area contributed by atoms with E-state index >= 15 is 0 Å². The molecule has 2 aliphatic rings. The van der Waals surface area contributed by atoms with Crippen molar-refractivity contribution >= 4 is 44.0 Å². The zero-order valence-corrected chi connectivity index (χ0v) is 22.2. The minimum absolute atomic E-state index is 0.00998. The molecule has 0 aliphatic carbocycles. The summed E-state index contributed by atoms with van der Waals surface area (Å²) in [6.07, 6.45) is 5.77. The molecule has 5 heterocycles. The maximum atomic E-state index is 14.7. The number of nitrogens with zero attached hydrogens (tertiary/aromatic N) is 6. The van der Waals surface area contributed by atoms with Crippen molar-refractivity contribution in [2.45, 2.75) is 50.1 Å². The molecule has 0 spiro atoms. The van der Waals surface area contributed by atoms with Crippen LogP contribution in [0, 0.1) is 0 Å². The first-order valence-corrected chi connectivity index (χ1v) is 14.3. The Kier molecular flexibility index (Phi) is 6.43. The smallest absolute Gasteiger partial charge is 0.227 e. The van der Waals surface area contributed by atoms with Crippen molar-refractivity contribution in [1.82, 2.24) is 19.9 Å². The Balaban J connectivity index is 1.42. The van der Waals surface area contributed by atoms with Crippen molar-refractivity contribution in [1.29, 1.82) is 0 Å². The van der Waals surface area contributed by atoms with Crippen LogP contribution in [-0.2, 0) is 9.84 Å². The van der Waals surface area contributed by atoms with Crippen molar-refractivity contribution in [3.8, 4) is 0 Å². The quantitative estimate of drug-likeness (QED) is 0.492. The molecular weight excluding hydrogens is 497 g/mol. The summed E-state index contributed by atoms with van der Waals surface area (Å²) in [7, 11) is -3.09.